The van der Waals surface area contributed by atoms with Crippen molar-refractivity contribution in [2.75, 3.05) is 0 Å². The molecular formula is C12H15N5O2. The fourth-order valence-corrected chi connectivity index (χ4v) is 1.76. The largest absolute Gasteiger partial charge is 0.444 e. The lowest BCUT2D eigenvalue weighted by Crippen LogP contribution is -2.24. The van der Waals surface area contributed by atoms with Gasteiger partial charge in [-0.25, -0.2) is 9.97 Å². The molecule has 1 saturated carbocycles. The predicted octanol–water partition coefficient (Wildman–Crippen LogP) is 1.22. The summed E-state index contributed by atoms with van der Waals surface area (Å²) in [7, 11) is 0. The quantitative estimate of drug-likeness (QED) is 0.862. The van der Waals surface area contributed by atoms with Gasteiger partial charge in [0.15, 0.2) is 0 Å². The Bertz CT molecular complexity index is 592. The van der Waals surface area contributed by atoms with E-state index in [1.165, 1.54) is 0 Å². The molecule has 100 valence electrons. The maximum atomic E-state index is 11.8. The number of oxazole rings is 1. The van der Waals surface area contributed by atoms with Gasteiger partial charge in [-0.15, -0.1) is 5.10 Å². The van der Waals surface area contributed by atoms with Crippen LogP contribution in [0.3, 0.4) is 0 Å². The molecule has 0 spiro atoms. The van der Waals surface area contributed by atoms with Crippen LogP contribution in [0.4, 0.5) is 0 Å². The van der Waals surface area contributed by atoms with E-state index in [4.69, 9.17) is 4.42 Å². The summed E-state index contributed by atoms with van der Waals surface area (Å²) in [5, 5.41) is 9.40. The third-order valence-electron chi connectivity index (χ3n) is 3.14. The first kappa shape index (κ1) is 11.9. The first-order valence-electron chi connectivity index (χ1n) is 6.27. The molecule has 1 aliphatic carbocycles. The number of aromatic nitrogens is 4. The number of carbonyl (C=O) groups is 1. The summed E-state index contributed by atoms with van der Waals surface area (Å²) in [4.78, 5) is 20.2. The summed E-state index contributed by atoms with van der Waals surface area (Å²) in [5.41, 5.74) is 0.832. The lowest BCUT2D eigenvalue weighted by molar-refractivity contribution is 0.0937. The number of nitrogens with zero attached hydrogens (tertiary/aromatic N) is 3. The number of hydrogen-bond acceptors (Lipinski definition) is 5. The predicted molar refractivity (Wildman–Crippen MR) is 65.5 cm³/mol. The van der Waals surface area contributed by atoms with E-state index in [9.17, 15) is 4.79 Å². The summed E-state index contributed by atoms with van der Waals surface area (Å²) in [6.45, 7) is 3.94. The van der Waals surface area contributed by atoms with Crippen molar-refractivity contribution in [3.63, 3.8) is 0 Å². The highest BCUT2D eigenvalue weighted by Gasteiger charge is 2.28. The van der Waals surface area contributed by atoms with Crippen molar-refractivity contribution < 1.29 is 9.21 Å². The second-order valence-corrected chi connectivity index (χ2v) is 4.75. The van der Waals surface area contributed by atoms with Gasteiger partial charge in [0.1, 0.15) is 11.6 Å². The summed E-state index contributed by atoms with van der Waals surface area (Å²) < 4.78 is 5.38. The Labute approximate surface area is 109 Å². The molecule has 7 heteroatoms. The summed E-state index contributed by atoms with van der Waals surface area (Å²) in [6.07, 6.45) is 2.23. The van der Waals surface area contributed by atoms with Gasteiger partial charge in [-0.2, -0.15) is 0 Å². The molecule has 0 aliphatic heterocycles. The SMILES string of the molecule is Cc1nc(CNC(=O)c2n[nH]c(C3CC3)n2)oc1C. The van der Waals surface area contributed by atoms with Crippen molar-refractivity contribution >= 4 is 5.91 Å². The summed E-state index contributed by atoms with van der Waals surface area (Å²) in [6, 6.07) is 0. The van der Waals surface area contributed by atoms with Crippen LogP contribution in [0, 0.1) is 13.8 Å². The van der Waals surface area contributed by atoms with Crippen molar-refractivity contribution in [2.24, 2.45) is 0 Å². The molecule has 0 unspecified atom stereocenters. The molecule has 2 aromatic heterocycles. The smallest absolute Gasteiger partial charge is 0.291 e. The van der Waals surface area contributed by atoms with Gasteiger partial charge in [0.05, 0.1) is 12.2 Å². The van der Waals surface area contributed by atoms with Gasteiger partial charge in [0.25, 0.3) is 5.91 Å². The van der Waals surface area contributed by atoms with Crippen molar-refractivity contribution in [1.82, 2.24) is 25.5 Å². The molecule has 1 aliphatic rings. The van der Waals surface area contributed by atoms with Crippen LogP contribution >= 0.6 is 0 Å². The van der Waals surface area contributed by atoms with E-state index in [2.05, 4.69) is 25.5 Å². The maximum absolute atomic E-state index is 11.8. The van der Waals surface area contributed by atoms with Crippen LogP contribution < -0.4 is 5.32 Å². The molecule has 0 aromatic carbocycles. The van der Waals surface area contributed by atoms with Gasteiger partial charge < -0.3 is 9.73 Å². The van der Waals surface area contributed by atoms with Crippen LogP contribution in [0.1, 0.15) is 52.5 Å². The molecule has 0 atom stereocenters. The normalized spacial score (nSPS) is 14.6. The molecule has 2 aromatic rings. The zero-order valence-electron chi connectivity index (χ0n) is 10.9. The Balaban J connectivity index is 1.60. The van der Waals surface area contributed by atoms with E-state index in [-0.39, 0.29) is 18.3 Å². The van der Waals surface area contributed by atoms with Crippen LogP contribution in [0.2, 0.25) is 0 Å². The zero-order chi connectivity index (χ0) is 13.4. The minimum atomic E-state index is -0.323. The topological polar surface area (TPSA) is 96.7 Å². The van der Waals surface area contributed by atoms with Crippen LogP contribution in [-0.2, 0) is 6.54 Å². The van der Waals surface area contributed by atoms with E-state index in [1.807, 2.05) is 13.8 Å². The van der Waals surface area contributed by atoms with Crippen molar-refractivity contribution in [3.8, 4) is 0 Å². The fraction of sp³-hybridized carbons (Fsp3) is 0.500. The van der Waals surface area contributed by atoms with Gasteiger partial charge in [-0.1, -0.05) is 0 Å². The number of aryl methyl sites for hydroxylation is 2. The number of carbonyl (C=O) groups excluding carboxylic acids is 1. The Morgan fingerprint density at radius 3 is 2.84 bits per heavy atom. The van der Waals surface area contributed by atoms with Crippen LogP contribution in [0.5, 0.6) is 0 Å². The molecule has 1 amide bonds. The molecule has 0 bridgehead atoms. The van der Waals surface area contributed by atoms with Gasteiger partial charge in [-0.3, -0.25) is 9.89 Å². The number of nitrogens with one attached hydrogen (secondary N) is 2. The first-order chi connectivity index (χ1) is 9.13. The Morgan fingerprint density at radius 1 is 1.42 bits per heavy atom. The molecule has 0 radical (unpaired) electrons. The number of aromatic amines is 1. The highest BCUT2D eigenvalue weighted by Crippen LogP contribution is 2.37. The number of H-pyrrole nitrogens is 1. The molecule has 7 nitrogen and oxygen atoms in total. The highest BCUT2D eigenvalue weighted by molar-refractivity contribution is 5.90. The van der Waals surface area contributed by atoms with Crippen molar-refractivity contribution in [2.45, 2.75) is 39.2 Å². The third kappa shape index (κ3) is 2.49. The lowest BCUT2D eigenvalue weighted by atomic mass is 10.4. The standard InChI is InChI=1S/C12H15N5O2/c1-6-7(2)19-9(14-6)5-13-12(18)11-15-10(16-17-11)8-3-4-8/h8H,3-5H2,1-2H3,(H,13,18)(H,15,16,17). The van der Waals surface area contributed by atoms with E-state index >= 15 is 0 Å². The average molecular weight is 261 g/mol. The van der Waals surface area contributed by atoms with Gasteiger partial charge in [0, 0.05) is 5.92 Å². The molecule has 19 heavy (non-hydrogen) atoms. The molecule has 2 heterocycles. The second-order valence-electron chi connectivity index (χ2n) is 4.75. The minimum absolute atomic E-state index is 0.168. The Hall–Kier alpha value is -2.18. The zero-order valence-corrected chi connectivity index (χ0v) is 10.9. The summed E-state index contributed by atoms with van der Waals surface area (Å²) in [5.74, 6) is 2.34. The monoisotopic (exact) mass is 261 g/mol. The lowest BCUT2D eigenvalue weighted by Gasteiger charge is -1.97. The van der Waals surface area contributed by atoms with Crippen LogP contribution in [-0.4, -0.2) is 26.1 Å². The summed E-state index contributed by atoms with van der Waals surface area (Å²) >= 11 is 0. The molecule has 3 rings (SSSR count). The van der Waals surface area contributed by atoms with E-state index in [0.29, 0.717) is 11.8 Å². The van der Waals surface area contributed by atoms with Crippen LogP contribution in [0.15, 0.2) is 4.42 Å². The Kier molecular flexibility index (Phi) is 2.81. The third-order valence-corrected chi connectivity index (χ3v) is 3.14. The van der Waals surface area contributed by atoms with Crippen molar-refractivity contribution in [3.05, 3.63) is 29.0 Å². The van der Waals surface area contributed by atoms with Crippen LogP contribution in [0.25, 0.3) is 0 Å². The minimum Gasteiger partial charge on any atom is -0.444 e. The number of rotatable bonds is 4. The van der Waals surface area contributed by atoms with E-state index < -0.39 is 0 Å². The first-order valence-corrected chi connectivity index (χ1v) is 6.27. The van der Waals surface area contributed by atoms with Gasteiger partial charge in [0.2, 0.25) is 11.7 Å². The maximum Gasteiger partial charge on any atom is 0.291 e. The average Bonchev–Trinajstić information content (AvgIpc) is 3.03. The number of amides is 1. The van der Waals surface area contributed by atoms with E-state index in [1.54, 1.807) is 0 Å². The Morgan fingerprint density at radius 2 is 2.21 bits per heavy atom. The van der Waals surface area contributed by atoms with Crippen molar-refractivity contribution in [1.29, 1.82) is 0 Å². The second kappa shape index (κ2) is 4.49. The van der Waals surface area contributed by atoms with E-state index in [0.717, 1.165) is 30.1 Å². The van der Waals surface area contributed by atoms with Gasteiger partial charge in [-0.05, 0) is 26.7 Å². The molecule has 2 N–H and O–H groups in total. The fourth-order valence-electron chi connectivity index (χ4n) is 1.76. The van der Waals surface area contributed by atoms with Gasteiger partial charge >= 0.3 is 0 Å². The highest BCUT2D eigenvalue weighted by atomic mass is 16.4. The molecule has 0 saturated heterocycles. The number of hydrogen-bond donors (Lipinski definition) is 2. The molecule has 1 fully saturated rings. The molecular weight excluding hydrogens is 246 g/mol.